The Morgan fingerprint density at radius 3 is 2.62 bits per heavy atom. The topological polar surface area (TPSA) is 55.2 Å². The van der Waals surface area contributed by atoms with Gasteiger partial charge in [0.05, 0.1) is 9.40 Å². The molecule has 5 heteroatoms. The van der Waals surface area contributed by atoms with Gasteiger partial charge < -0.3 is 5.32 Å². The Kier molecular flexibility index (Phi) is 6.18. The second-order valence-corrected chi connectivity index (χ2v) is 6.72. The molecule has 2 rings (SSSR count). The number of rotatable bonds is 5. The fourth-order valence-electron chi connectivity index (χ4n) is 3.09. The zero-order valence-electron chi connectivity index (χ0n) is 12.5. The van der Waals surface area contributed by atoms with Gasteiger partial charge in [-0.2, -0.15) is 0 Å². The summed E-state index contributed by atoms with van der Waals surface area (Å²) in [5.41, 5.74) is 1.08. The van der Waals surface area contributed by atoms with Crippen LogP contribution in [0, 0.1) is 16.0 Å². The smallest absolute Gasteiger partial charge is 0.283 e. The predicted octanol–water partition coefficient (Wildman–Crippen LogP) is 4.81. The Hall–Kier alpha value is -0.940. The van der Waals surface area contributed by atoms with Gasteiger partial charge in [0.25, 0.3) is 5.69 Å². The molecule has 0 unspecified atom stereocenters. The van der Waals surface area contributed by atoms with Crippen LogP contribution in [0.25, 0.3) is 0 Å². The molecule has 1 aromatic rings. The Balaban J connectivity index is 1.96. The fourth-order valence-corrected chi connectivity index (χ4v) is 3.64. The van der Waals surface area contributed by atoms with Gasteiger partial charge in [-0.1, -0.05) is 37.8 Å². The number of nitro benzene ring substituents is 1. The molecule has 4 nitrogen and oxygen atoms in total. The average molecular weight is 355 g/mol. The van der Waals surface area contributed by atoms with Crippen LogP contribution >= 0.6 is 15.9 Å². The van der Waals surface area contributed by atoms with Gasteiger partial charge in [0, 0.05) is 18.7 Å². The van der Waals surface area contributed by atoms with E-state index in [4.69, 9.17) is 0 Å². The summed E-state index contributed by atoms with van der Waals surface area (Å²) in [4.78, 5) is 10.6. The van der Waals surface area contributed by atoms with E-state index in [0.717, 1.165) is 11.5 Å². The molecule has 0 bridgehead atoms. The van der Waals surface area contributed by atoms with E-state index >= 15 is 0 Å². The highest BCUT2D eigenvalue weighted by Gasteiger charge is 2.20. The molecule has 116 valence electrons. The fraction of sp³-hybridized carbons (Fsp3) is 0.625. The molecule has 0 aromatic heterocycles. The molecule has 1 atom stereocenters. The molecule has 0 heterocycles. The maximum Gasteiger partial charge on any atom is 0.283 e. The van der Waals surface area contributed by atoms with Crippen molar-refractivity contribution in [2.24, 2.45) is 5.92 Å². The maximum atomic E-state index is 11.0. The number of hydrogen-bond acceptors (Lipinski definition) is 3. The van der Waals surface area contributed by atoms with E-state index in [1.54, 1.807) is 6.07 Å². The quantitative estimate of drug-likeness (QED) is 0.469. The van der Waals surface area contributed by atoms with Crippen molar-refractivity contribution in [3.8, 4) is 0 Å². The first-order chi connectivity index (χ1) is 10.1. The summed E-state index contributed by atoms with van der Waals surface area (Å²) in [6.07, 6.45) is 7.97. The van der Waals surface area contributed by atoms with Gasteiger partial charge >= 0.3 is 0 Å². The number of halogens is 1. The average Bonchev–Trinajstić information content (AvgIpc) is 2.74. The van der Waals surface area contributed by atoms with Crippen LogP contribution in [0.5, 0.6) is 0 Å². The minimum atomic E-state index is -0.345. The lowest BCUT2D eigenvalue weighted by Gasteiger charge is -2.24. The monoisotopic (exact) mass is 354 g/mol. The van der Waals surface area contributed by atoms with Crippen molar-refractivity contribution >= 4 is 21.6 Å². The highest BCUT2D eigenvalue weighted by atomic mass is 79.9. The molecular formula is C16H23BrN2O2. The maximum absolute atomic E-state index is 11.0. The van der Waals surface area contributed by atoms with Gasteiger partial charge in [-0.05, 0) is 47.2 Å². The van der Waals surface area contributed by atoms with Gasteiger partial charge in [-0.3, -0.25) is 10.1 Å². The van der Waals surface area contributed by atoms with Gasteiger partial charge in [0.1, 0.15) is 0 Å². The molecule has 0 radical (unpaired) electrons. The number of benzene rings is 1. The van der Waals surface area contributed by atoms with E-state index in [1.807, 2.05) is 6.07 Å². The number of nitrogens with one attached hydrogen (secondary N) is 1. The van der Waals surface area contributed by atoms with Crippen LogP contribution in [0.4, 0.5) is 5.69 Å². The molecule has 0 spiro atoms. The molecule has 0 saturated heterocycles. The normalized spacial score (nSPS) is 18.2. The summed E-state index contributed by atoms with van der Waals surface area (Å²) in [6, 6.07) is 5.66. The second-order valence-electron chi connectivity index (χ2n) is 5.93. The van der Waals surface area contributed by atoms with E-state index in [-0.39, 0.29) is 10.6 Å². The van der Waals surface area contributed by atoms with Crippen LogP contribution in [0.2, 0.25) is 0 Å². The Labute approximate surface area is 134 Å². The lowest BCUT2D eigenvalue weighted by Crippen LogP contribution is -2.33. The lowest BCUT2D eigenvalue weighted by molar-refractivity contribution is -0.385. The Morgan fingerprint density at radius 2 is 2.00 bits per heavy atom. The first-order valence-corrected chi connectivity index (χ1v) is 8.54. The minimum Gasteiger partial charge on any atom is -0.310 e. The minimum absolute atomic E-state index is 0.136. The molecule has 1 N–H and O–H groups in total. The van der Waals surface area contributed by atoms with Gasteiger partial charge in [0.2, 0.25) is 0 Å². The van der Waals surface area contributed by atoms with Crippen molar-refractivity contribution in [2.75, 3.05) is 0 Å². The summed E-state index contributed by atoms with van der Waals surface area (Å²) in [5, 5.41) is 14.5. The zero-order valence-corrected chi connectivity index (χ0v) is 14.1. The summed E-state index contributed by atoms with van der Waals surface area (Å²) in [5.74, 6) is 0.727. The largest absolute Gasteiger partial charge is 0.310 e. The van der Waals surface area contributed by atoms with Gasteiger partial charge in [-0.25, -0.2) is 0 Å². The lowest BCUT2D eigenvalue weighted by atomic mass is 9.93. The van der Waals surface area contributed by atoms with E-state index < -0.39 is 0 Å². The molecule has 1 fully saturated rings. The molecule has 0 amide bonds. The van der Waals surface area contributed by atoms with E-state index in [2.05, 4.69) is 28.2 Å². The summed E-state index contributed by atoms with van der Waals surface area (Å²) >= 11 is 3.36. The van der Waals surface area contributed by atoms with Crippen LogP contribution in [0.15, 0.2) is 22.7 Å². The molecule has 1 aromatic carbocycles. The molecule has 1 aliphatic carbocycles. The van der Waals surface area contributed by atoms with Crippen molar-refractivity contribution in [3.05, 3.63) is 38.3 Å². The van der Waals surface area contributed by atoms with Crippen molar-refractivity contribution in [3.63, 3.8) is 0 Å². The zero-order chi connectivity index (χ0) is 15.2. The number of nitrogens with zero attached hydrogens (tertiary/aromatic N) is 1. The van der Waals surface area contributed by atoms with Crippen LogP contribution < -0.4 is 5.32 Å². The van der Waals surface area contributed by atoms with Crippen LogP contribution in [-0.4, -0.2) is 11.0 Å². The van der Waals surface area contributed by atoms with Crippen LogP contribution in [0.1, 0.15) is 51.0 Å². The number of nitro groups is 1. The molecule has 0 aliphatic heterocycles. The van der Waals surface area contributed by atoms with Crippen molar-refractivity contribution in [1.82, 2.24) is 5.32 Å². The first kappa shape index (κ1) is 16.4. The summed E-state index contributed by atoms with van der Waals surface area (Å²) < 4.78 is 0.593. The van der Waals surface area contributed by atoms with Crippen molar-refractivity contribution < 1.29 is 4.92 Å². The SMILES string of the molecule is C[C@@H](NCc1cccc([N+](=O)[O-])c1Br)C1CCCCCC1. The molecule has 1 saturated carbocycles. The van der Waals surface area contributed by atoms with Crippen LogP contribution in [0.3, 0.4) is 0 Å². The Bertz CT molecular complexity index is 485. The van der Waals surface area contributed by atoms with E-state index in [1.165, 1.54) is 44.6 Å². The van der Waals surface area contributed by atoms with Crippen molar-refractivity contribution in [2.45, 2.75) is 58.0 Å². The Morgan fingerprint density at radius 1 is 1.33 bits per heavy atom. The number of hydrogen-bond donors (Lipinski definition) is 1. The molecule has 21 heavy (non-hydrogen) atoms. The summed E-state index contributed by atoms with van der Waals surface area (Å²) in [7, 11) is 0. The molecular weight excluding hydrogens is 332 g/mol. The van der Waals surface area contributed by atoms with E-state index in [9.17, 15) is 10.1 Å². The van der Waals surface area contributed by atoms with E-state index in [0.29, 0.717) is 17.1 Å². The van der Waals surface area contributed by atoms with Gasteiger partial charge in [-0.15, -0.1) is 0 Å². The standard InChI is InChI=1S/C16H23BrN2O2/c1-12(13-7-4-2-3-5-8-13)18-11-14-9-6-10-15(16(14)17)19(20)21/h6,9-10,12-13,18H,2-5,7-8,11H2,1H3/t12-/m1/s1. The first-order valence-electron chi connectivity index (χ1n) is 7.74. The highest BCUT2D eigenvalue weighted by molar-refractivity contribution is 9.10. The molecule has 1 aliphatic rings. The second kappa shape index (κ2) is 7.90. The summed E-state index contributed by atoms with van der Waals surface area (Å²) in [6.45, 7) is 2.90. The van der Waals surface area contributed by atoms with Crippen LogP contribution in [-0.2, 0) is 6.54 Å². The third kappa shape index (κ3) is 4.51. The third-order valence-electron chi connectivity index (χ3n) is 4.48. The predicted molar refractivity (Wildman–Crippen MR) is 88.3 cm³/mol. The third-order valence-corrected chi connectivity index (χ3v) is 5.39. The highest BCUT2D eigenvalue weighted by Crippen LogP contribution is 2.29. The van der Waals surface area contributed by atoms with Crippen molar-refractivity contribution in [1.29, 1.82) is 0 Å². The van der Waals surface area contributed by atoms with Gasteiger partial charge in [0.15, 0.2) is 0 Å².